The van der Waals surface area contributed by atoms with Crippen molar-refractivity contribution >= 4 is 17.8 Å². The van der Waals surface area contributed by atoms with E-state index in [0.717, 1.165) is 57.3 Å². The molecule has 1 aliphatic carbocycles. The Labute approximate surface area is 247 Å². The van der Waals surface area contributed by atoms with Crippen LogP contribution < -0.4 is 10.1 Å². The predicted octanol–water partition coefficient (Wildman–Crippen LogP) is 3.78. The van der Waals surface area contributed by atoms with Gasteiger partial charge in [-0.15, -0.1) is 0 Å². The van der Waals surface area contributed by atoms with Crippen LogP contribution in [0.1, 0.15) is 78.8 Å². The standard InChI is InChI=1S/C32H43N5O5/c1-4-27(31(40)41)42-32-33-20(2)28(21(3)34-32)30(39)37-18-24-16-36(17-25(24)19-37)15-14-26(22-10-6-5-7-11-22)35-29(38)23-12-8-9-13-23/h5-7,10-11,23-27H,4,8-9,12-19H2,1-3H3,(H,35,38)(H,40,41)/t24?,25?,26-,27?/m0/s1. The Morgan fingerprint density at radius 1 is 1.00 bits per heavy atom. The van der Waals surface area contributed by atoms with E-state index in [9.17, 15) is 19.5 Å². The average Bonchev–Trinajstić information content (AvgIpc) is 3.71. The average molecular weight is 578 g/mol. The van der Waals surface area contributed by atoms with E-state index >= 15 is 0 Å². The third kappa shape index (κ3) is 6.75. The number of rotatable bonds is 11. The minimum Gasteiger partial charge on any atom is -0.479 e. The molecule has 2 aromatic rings. The first kappa shape index (κ1) is 29.9. The molecule has 3 unspecified atom stereocenters. The number of nitrogens with one attached hydrogen (secondary N) is 1. The SMILES string of the molecule is CCC(Oc1nc(C)c(C(=O)N2CC3CN(CC[C@H](NC(=O)C4CCCC4)c4ccccc4)CC3C2)c(C)n1)C(=O)O. The number of nitrogens with zero attached hydrogens (tertiary/aromatic N) is 4. The van der Waals surface area contributed by atoms with Gasteiger partial charge in [0.05, 0.1) is 23.0 Å². The monoisotopic (exact) mass is 577 g/mol. The Balaban J connectivity index is 1.16. The number of hydrogen-bond donors (Lipinski definition) is 2. The molecule has 5 rings (SSSR count). The zero-order valence-corrected chi connectivity index (χ0v) is 24.9. The molecule has 1 aromatic heterocycles. The lowest BCUT2D eigenvalue weighted by atomic mass is 10.0. The minimum atomic E-state index is -1.07. The highest BCUT2D eigenvalue weighted by molar-refractivity contribution is 5.96. The van der Waals surface area contributed by atoms with Crippen LogP contribution >= 0.6 is 0 Å². The van der Waals surface area contributed by atoms with Gasteiger partial charge in [0.2, 0.25) is 5.91 Å². The molecule has 2 amide bonds. The number of ether oxygens (including phenoxy) is 1. The molecule has 1 aromatic carbocycles. The highest BCUT2D eigenvalue weighted by Gasteiger charge is 2.42. The van der Waals surface area contributed by atoms with Crippen LogP contribution in [-0.2, 0) is 9.59 Å². The molecule has 226 valence electrons. The van der Waals surface area contributed by atoms with Crippen LogP contribution in [0.4, 0.5) is 0 Å². The van der Waals surface area contributed by atoms with Crippen molar-refractivity contribution in [2.45, 2.75) is 71.4 Å². The summed E-state index contributed by atoms with van der Waals surface area (Å²) in [6.45, 7) is 9.34. The summed E-state index contributed by atoms with van der Waals surface area (Å²) in [4.78, 5) is 50.8. The highest BCUT2D eigenvalue weighted by atomic mass is 16.5. The van der Waals surface area contributed by atoms with Crippen molar-refractivity contribution in [3.63, 3.8) is 0 Å². The fraction of sp³-hybridized carbons (Fsp3) is 0.594. The molecule has 0 bridgehead atoms. The molecule has 2 saturated heterocycles. The summed E-state index contributed by atoms with van der Waals surface area (Å²) in [5, 5.41) is 12.6. The van der Waals surface area contributed by atoms with Crippen molar-refractivity contribution < 1.29 is 24.2 Å². The Kier molecular flexibility index (Phi) is 9.40. The molecule has 2 N–H and O–H groups in total. The topological polar surface area (TPSA) is 125 Å². The van der Waals surface area contributed by atoms with E-state index in [1.807, 2.05) is 23.1 Å². The van der Waals surface area contributed by atoms with Gasteiger partial charge in [-0.2, -0.15) is 9.97 Å². The molecule has 2 aliphatic heterocycles. The Morgan fingerprint density at radius 2 is 1.62 bits per heavy atom. The summed E-state index contributed by atoms with van der Waals surface area (Å²) >= 11 is 0. The lowest BCUT2D eigenvalue weighted by Crippen LogP contribution is -2.37. The van der Waals surface area contributed by atoms with Crippen LogP contribution in [0.3, 0.4) is 0 Å². The van der Waals surface area contributed by atoms with Gasteiger partial charge in [0.1, 0.15) is 0 Å². The molecule has 42 heavy (non-hydrogen) atoms. The number of fused-ring (bicyclic) bond motifs is 1. The number of carboxylic acid groups (broad SMARTS) is 1. The van der Waals surface area contributed by atoms with Crippen molar-refractivity contribution in [2.24, 2.45) is 17.8 Å². The fourth-order valence-electron chi connectivity index (χ4n) is 6.88. The molecule has 3 aliphatic rings. The van der Waals surface area contributed by atoms with Gasteiger partial charge in [0, 0.05) is 38.6 Å². The molecule has 10 heteroatoms. The number of carbonyl (C=O) groups excluding carboxylic acids is 2. The van der Waals surface area contributed by atoms with E-state index < -0.39 is 12.1 Å². The van der Waals surface area contributed by atoms with Gasteiger partial charge in [0.25, 0.3) is 5.91 Å². The number of aryl methyl sites for hydroxylation is 2. The second-order valence-corrected chi connectivity index (χ2v) is 12.1. The number of benzene rings is 1. The van der Waals surface area contributed by atoms with E-state index in [1.54, 1.807) is 20.8 Å². The number of carbonyl (C=O) groups is 3. The van der Waals surface area contributed by atoms with Gasteiger partial charge in [0.15, 0.2) is 6.10 Å². The Hall–Kier alpha value is -3.53. The van der Waals surface area contributed by atoms with Gasteiger partial charge < -0.3 is 25.0 Å². The van der Waals surface area contributed by atoms with Crippen molar-refractivity contribution in [3.8, 4) is 6.01 Å². The molecule has 10 nitrogen and oxygen atoms in total. The second-order valence-electron chi connectivity index (χ2n) is 12.1. The quantitative estimate of drug-likeness (QED) is 0.414. The third-order valence-corrected chi connectivity index (χ3v) is 9.19. The first-order valence-electron chi connectivity index (χ1n) is 15.3. The lowest BCUT2D eigenvalue weighted by Gasteiger charge is -2.26. The summed E-state index contributed by atoms with van der Waals surface area (Å²) in [5.41, 5.74) is 2.60. The number of aliphatic carboxylic acids is 1. The van der Waals surface area contributed by atoms with Crippen LogP contribution in [0.15, 0.2) is 30.3 Å². The predicted molar refractivity (Wildman–Crippen MR) is 157 cm³/mol. The van der Waals surface area contributed by atoms with Gasteiger partial charge in [-0.25, -0.2) is 4.79 Å². The number of carboxylic acids is 1. The summed E-state index contributed by atoms with van der Waals surface area (Å²) in [5.74, 6) is -0.00934. The Morgan fingerprint density at radius 3 is 2.19 bits per heavy atom. The maximum Gasteiger partial charge on any atom is 0.345 e. The summed E-state index contributed by atoms with van der Waals surface area (Å²) < 4.78 is 5.46. The minimum absolute atomic E-state index is 0.00109. The van der Waals surface area contributed by atoms with E-state index in [1.165, 1.54) is 0 Å². The van der Waals surface area contributed by atoms with Crippen molar-refractivity contribution in [2.75, 3.05) is 32.7 Å². The smallest absolute Gasteiger partial charge is 0.345 e. The van der Waals surface area contributed by atoms with Crippen LogP contribution in [0.25, 0.3) is 0 Å². The van der Waals surface area contributed by atoms with Crippen molar-refractivity contribution in [1.82, 2.24) is 25.1 Å². The van der Waals surface area contributed by atoms with Crippen molar-refractivity contribution in [3.05, 3.63) is 52.8 Å². The van der Waals surface area contributed by atoms with Crippen LogP contribution in [0.2, 0.25) is 0 Å². The van der Waals surface area contributed by atoms with Gasteiger partial charge in [-0.3, -0.25) is 9.59 Å². The van der Waals surface area contributed by atoms with Crippen LogP contribution in [0, 0.1) is 31.6 Å². The largest absolute Gasteiger partial charge is 0.479 e. The maximum absolute atomic E-state index is 13.5. The van der Waals surface area contributed by atoms with Gasteiger partial charge in [-0.05, 0) is 56.9 Å². The molecular formula is C32H43N5O5. The van der Waals surface area contributed by atoms with Crippen molar-refractivity contribution in [1.29, 1.82) is 0 Å². The lowest BCUT2D eigenvalue weighted by molar-refractivity contribution is -0.145. The molecule has 3 fully saturated rings. The fourth-order valence-corrected chi connectivity index (χ4v) is 6.88. The number of likely N-dealkylation sites (tertiary alicyclic amines) is 2. The normalized spacial score (nSPS) is 22.1. The van der Waals surface area contributed by atoms with E-state index in [-0.39, 0.29) is 36.2 Å². The summed E-state index contributed by atoms with van der Waals surface area (Å²) in [6.07, 6.45) is 4.38. The van der Waals surface area contributed by atoms with Crippen LogP contribution in [0.5, 0.6) is 6.01 Å². The third-order valence-electron chi connectivity index (χ3n) is 9.19. The molecule has 0 radical (unpaired) electrons. The number of amides is 2. The Bertz CT molecular complexity index is 1240. The highest BCUT2D eigenvalue weighted by Crippen LogP contribution is 2.33. The first-order valence-corrected chi connectivity index (χ1v) is 15.3. The molecular weight excluding hydrogens is 534 g/mol. The molecule has 0 spiro atoms. The van der Waals surface area contributed by atoms with E-state index in [4.69, 9.17) is 4.74 Å². The van der Waals surface area contributed by atoms with E-state index in [2.05, 4.69) is 32.3 Å². The first-order chi connectivity index (χ1) is 20.2. The maximum atomic E-state index is 13.5. The van der Waals surface area contributed by atoms with E-state index in [0.29, 0.717) is 41.9 Å². The molecule has 4 atom stereocenters. The second kappa shape index (κ2) is 13.2. The molecule has 3 heterocycles. The van der Waals surface area contributed by atoms with Crippen LogP contribution in [-0.4, -0.2) is 81.5 Å². The number of aromatic nitrogens is 2. The summed E-state index contributed by atoms with van der Waals surface area (Å²) in [7, 11) is 0. The zero-order valence-electron chi connectivity index (χ0n) is 24.9. The molecule has 1 saturated carbocycles. The number of hydrogen-bond acceptors (Lipinski definition) is 7. The summed E-state index contributed by atoms with van der Waals surface area (Å²) in [6, 6.07) is 10.3. The van der Waals surface area contributed by atoms with Gasteiger partial charge in [-0.1, -0.05) is 50.1 Å². The van der Waals surface area contributed by atoms with Gasteiger partial charge >= 0.3 is 12.0 Å². The zero-order chi connectivity index (χ0) is 29.8.